The zero-order valence-corrected chi connectivity index (χ0v) is 51.4. The lowest BCUT2D eigenvalue weighted by Crippen LogP contribution is -2.29. The Bertz CT molecular complexity index is 1290. The van der Waals surface area contributed by atoms with Gasteiger partial charge in [0.25, 0.3) is 0 Å². The first-order valence-electron chi connectivity index (χ1n) is 33.3. The summed E-state index contributed by atoms with van der Waals surface area (Å²) < 4.78 is 33.2. The molecule has 0 saturated carbocycles. The molecule has 2 atom stereocenters. The number of hydrogen-bond donors (Lipinski definition) is 2. The third kappa shape index (κ3) is 61.7. The minimum Gasteiger partial charge on any atom is -0.462 e. The predicted octanol–water partition coefficient (Wildman–Crippen LogP) is 21.4. The topological polar surface area (TPSA) is 134 Å². The van der Waals surface area contributed by atoms with Gasteiger partial charge in [0.05, 0.1) is 13.2 Å². The molecule has 0 aromatic rings. The number of phosphoric ester groups is 1. The smallest absolute Gasteiger partial charge is 0.462 e. The monoisotopic (exact) mass is 1090 g/mol. The Morgan fingerprint density at radius 1 is 0.395 bits per heavy atom. The van der Waals surface area contributed by atoms with Gasteiger partial charge in [-0.3, -0.25) is 18.6 Å². The van der Waals surface area contributed by atoms with Crippen LogP contribution in [0.25, 0.3) is 0 Å². The van der Waals surface area contributed by atoms with Gasteiger partial charge >= 0.3 is 19.8 Å². The highest BCUT2D eigenvalue weighted by atomic mass is 31.2. The molecule has 0 rings (SSSR count). The van der Waals surface area contributed by atoms with Crippen molar-refractivity contribution in [3.05, 3.63) is 24.3 Å². The van der Waals surface area contributed by atoms with Crippen LogP contribution in [0.2, 0.25) is 0 Å². The summed E-state index contributed by atoms with van der Waals surface area (Å²) in [5.74, 6) is -0.803. The van der Waals surface area contributed by atoms with Gasteiger partial charge in [-0.1, -0.05) is 321 Å². The van der Waals surface area contributed by atoms with Gasteiger partial charge in [-0.2, -0.15) is 0 Å². The number of hydrogen-bond acceptors (Lipinski definition) is 8. The van der Waals surface area contributed by atoms with Crippen molar-refractivity contribution in [2.24, 2.45) is 5.73 Å². The number of unbranched alkanes of at least 4 members (excludes halogenated alkanes) is 47. The number of rotatable bonds is 64. The number of carbonyl (C=O) groups excluding carboxylic acids is 2. The fourth-order valence-electron chi connectivity index (χ4n) is 10.1. The highest BCUT2D eigenvalue weighted by Gasteiger charge is 2.26. The van der Waals surface area contributed by atoms with E-state index in [-0.39, 0.29) is 38.6 Å². The van der Waals surface area contributed by atoms with Crippen LogP contribution >= 0.6 is 7.82 Å². The second-order valence-corrected chi connectivity index (χ2v) is 24.2. The maximum atomic E-state index is 12.7. The maximum Gasteiger partial charge on any atom is 0.472 e. The van der Waals surface area contributed by atoms with Crippen LogP contribution in [0.15, 0.2) is 24.3 Å². The van der Waals surface area contributed by atoms with Gasteiger partial charge in [-0.25, -0.2) is 4.57 Å². The summed E-state index contributed by atoms with van der Waals surface area (Å²) in [5, 5.41) is 0. The van der Waals surface area contributed by atoms with Gasteiger partial charge in [-0.05, 0) is 44.9 Å². The predicted molar refractivity (Wildman–Crippen MR) is 326 cm³/mol. The molecular weight excluding hydrogens is 966 g/mol. The molecular formula is C66H128NO8P. The van der Waals surface area contributed by atoms with E-state index < -0.39 is 26.5 Å². The minimum atomic E-state index is -4.39. The third-order valence-electron chi connectivity index (χ3n) is 15.1. The molecule has 10 heteroatoms. The van der Waals surface area contributed by atoms with Crippen molar-refractivity contribution in [1.82, 2.24) is 0 Å². The van der Waals surface area contributed by atoms with Crippen molar-refractivity contribution < 1.29 is 37.6 Å². The molecule has 0 heterocycles. The molecule has 9 nitrogen and oxygen atoms in total. The van der Waals surface area contributed by atoms with E-state index in [4.69, 9.17) is 24.3 Å². The van der Waals surface area contributed by atoms with Crippen LogP contribution in [0, 0.1) is 0 Å². The second kappa shape index (κ2) is 62.7. The van der Waals surface area contributed by atoms with Gasteiger partial charge in [0, 0.05) is 19.4 Å². The first-order valence-corrected chi connectivity index (χ1v) is 34.8. The van der Waals surface area contributed by atoms with Crippen LogP contribution in [-0.4, -0.2) is 49.3 Å². The maximum absolute atomic E-state index is 12.7. The molecule has 0 saturated heterocycles. The lowest BCUT2D eigenvalue weighted by atomic mass is 10.0. The first kappa shape index (κ1) is 74.5. The van der Waals surface area contributed by atoms with Crippen molar-refractivity contribution in [1.29, 1.82) is 0 Å². The molecule has 0 radical (unpaired) electrons. The van der Waals surface area contributed by atoms with E-state index in [1.807, 2.05) is 0 Å². The van der Waals surface area contributed by atoms with Gasteiger partial charge < -0.3 is 20.1 Å². The summed E-state index contributed by atoms with van der Waals surface area (Å²) in [6, 6.07) is 0. The number of esters is 2. The average Bonchev–Trinajstić information content (AvgIpc) is 3.41. The Hall–Kier alpha value is -1.51. The molecule has 450 valence electrons. The second-order valence-electron chi connectivity index (χ2n) is 22.7. The summed E-state index contributed by atoms with van der Waals surface area (Å²) in [4.78, 5) is 35.3. The molecule has 0 aliphatic rings. The molecule has 0 fully saturated rings. The van der Waals surface area contributed by atoms with Crippen molar-refractivity contribution in [3.63, 3.8) is 0 Å². The zero-order valence-electron chi connectivity index (χ0n) is 50.5. The molecule has 76 heavy (non-hydrogen) atoms. The minimum absolute atomic E-state index is 0.0569. The molecule has 0 bridgehead atoms. The molecule has 0 aliphatic carbocycles. The Labute approximate surface area is 472 Å². The lowest BCUT2D eigenvalue weighted by molar-refractivity contribution is -0.161. The van der Waals surface area contributed by atoms with Crippen molar-refractivity contribution in [3.8, 4) is 0 Å². The average molecular weight is 1090 g/mol. The quantitative estimate of drug-likeness (QED) is 0.0264. The summed E-state index contributed by atoms with van der Waals surface area (Å²) in [7, 11) is -4.39. The normalized spacial score (nSPS) is 13.1. The lowest BCUT2D eigenvalue weighted by Gasteiger charge is -2.19. The molecule has 3 N–H and O–H groups in total. The van der Waals surface area contributed by atoms with Crippen LogP contribution in [0.3, 0.4) is 0 Å². The summed E-state index contributed by atoms with van der Waals surface area (Å²) in [5.41, 5.74) is 5.40. The van der Waals surface area contributed by atoms with E-state index >= 15 is 0 Å². The van der Waals surface area contributed by atoms with E-state index in [2.05, 4.69) is 38.2 Å². The summed E-state index contributed by atoms with van der Waals surface area (Å²) >= 11 is 0. The standard InChI is InChI=1S/C66H128NO8P/c1-3-5-7-9-11-13-15-17-19-21-23-25-27-29-30-31-32-33-34-35-37-39-41-43-45-47-49-51-53-55-57-59-66(69)75-64(63-74-76(70,71)73-61-60-67)62-72-65(68)58-56-54-52-50-48-46-44-42-40-38-36-28-26-24-22-20-18-16-14-12-10-8-6-4-2/h15,17,21,23,64H,3-14,16,18-20,22,24-63,67H2,1-2H3,(H,70,71)/b17-15-,23-21-. The molecule has 0 spiro atoms. The van der Waals surface area contributed by atoms with Crippen LogP contribution < -0.4 is 5.73 Å². The number of allylic oxidation sites excluding steroid dienone is 4. The van der Waals surface area contributed by atoms with Crippen molar-refractivity contribution in [2.45, 2.75) is 360 Å². The van der Waals surface area contributed by atoms with Crippen molar-refractivity contribution >= 4 is 19.8 Å². The number of carbonyl (C=O) groups is 2. The Morgan fingerprint density at radius 2 is 0.684 bits per heavy atom. The summed E-state index contributed by atoms with van der Waals surface area (Å²) in [6.07, 6.45) is 75.5. The van der Waals surface area contributed by atoms with Crippen molar-refractivity contribution in [2.75, 3.05) is 26.4 Å². The fraction of sp³-hybridized carbons (Fsp3) is 0.909. The highest BCUT2D eigenvalue weighted by Crippen LogP contribution is 2.43. The molecule has 2 unspecified atom stereocenters. The molecule has 0 aliphatic heterocycles. The van der Waals surface area contributed by atoms with E-state index in [0.29, 0.717) is 6.42 Å². The number of ether oxygens (including phenoxy) is 2. The fourth-order valence-corrected chi connectivity index (χ4v) is 10.9. The third-order valence-corrected chi connectivity index (χ3v) is 16.1. The van der Waals surface area contributed by atoms with Crippen LogP contribution in [0.5, 0.6) is 0 Å². The number of nitrogens with two attached hydrogens (primary N) is 1. The Balaban J connectivity index is 3.84. The van der Waals surface area contributed by atoms with E-state index in [1.54, 1.807) is 0 Å². The molecule has 0 aromatic heterocycles. The van der Waals surface area contributed by atoms with E-state index in [9.17, 15) is 19.0 Å². The molecule has 0 amide bonds. The SMILES string of the molecule is CCCCCCC/C=C\C/C=C\CCCCCCCCCCCCCCCCCCCCCC(=O)OC(COC(=O)CCCCCCCCCCCCCCCCCCCCCCCCCC)COP(=O)(O)OCCN. The highest BCUT2D eigenvalue weighted by molar-refractivity contribution is 7.47. The zero-order chi connectivity index (χ0) is 55.2. The summed E-state index contributed by atoms with van der Waals surface area (Å²) in [6.45, 7) is 3.81. The van der Waals surface area contributed by atoms with E-state index in [1.165, 1.54) is 283 Å². The van der Waals surface area contributed by atoms with Gasteiger partial charge in [0.1, 0.15) is 6.61 Å². The van der Waals surface area contributed by atoms with Gasteiger partial charge in [0.15, 0.2) is 6.10 Å². The first-order chi connectivity index (χ1) is 37.3. The van der Waals surface area contributed by atoms with Crippen LogP contribution in [0.1, 0.15) is 354 Å². The van der Waals surface area contributed by atoms with Crippen LogP contribution in [-0.2, 0) is 32.7 Å². The largest absolute Gasteiger partial charge is 0.472 e. The Kier molecular flexibility index (Phi) is 61.4. The van der Waals surface area contributed by atoms with Crippen LogP contribution in [0.4, 0.5) is 0 Å². The Morgan fingerprint density at radius 3 is 1.00 bits per heavy atom. The molecule has 0 aromatic carbocycles. The van der Waals surface area contributed by atoms with E-state index in [0.717, 1.165) is 38.5 Å². The van der Waals surface area contributed by atoms with Gasteiger partial charge in [0.2, 0.25) is 0 Å². The number of phosphoric acid groups is 1. The van der Waals surface area contributed by atoms with Gasteiger partial charge in [-0.15, -0.1) is 0 Å².